The van der Waals surface area contributed by atoms with Gasteiger partial charge < -0.3 is 9.47 Å². The first-order chi connectivity index (χ1) is 13.7. The van der Waals surface area contributed by atoms with Crippen LogP contribution in [-0.2, 0) is 6.54 Å². The highest BCUT2D eigenvalue weighted by atomic mass is 35.5. The van der Waals surface area contributed by atoms with Gasteiger partial charge in [-0.3, -0.25) is 9.58 Å². The van der Waals surface area contributed by atoms with Gasteiger partial charge in [0, 0.05) is 42.1 Å². The Morgan fingerprint density at radius 2 is 1.32 bits per heavy atom. The van der Waals surface area contributed by atoms with Gasteiger partial charge >= 0.3 is 0 Å². The molecule has 7 heteroatoms. The Morgan fingerprint density at radius 1 is 0.786 bits per heavy atom. The Hall–Kier alpha value is -2.21. The van der Waals surface area contributed by atoms with Gasteiger partial charge in [-0.15, -0.1) is 0 Å². The monoisotopic (exact) mass is 419 g/mol. The van der Waals surface area contributed by atoms with E-state index in [2.05, 4.69) is 10.00 Å². The van der Waals surface area contributed by atoms with E-state index in [4.69, 9.17) is 32.7 Å². The fourth-order valence-electron chi connectivity index (χ4n) is 2.66. The third kappa shape index (κ3) is 7.08. The van der Waals surface area contributed by atoms with Crippen molar-refractivity contribution in [1.82, 2.24) is 14.7 Å². The van der Waals surface area contributed by atoms with Gasteiger partial charge in [0.05, 0.1) is 6.54 Å². The number of ether oxygens (including phenoxy) is 2. The minimum absolute atomic E-state index is 0.585. The summed E-state index contributed by atoms with van der Waals surface area (Å²) >= 11 is 11.8. The Balaban J connectivity index is 1.46. The zero-order valence-corrected chi connectivity index (χ0v) is 17.0. The predicted octanol–water partition coefficient (Wildman–Crippen LogP) is 4.65. The highest BCUT2D eigenvalue weighted by Crippen LogP contribution is 2.16. The number of benzene rings is 2. The second-order valence-electron chi connectivity index (χ2n) is 6.22. The van der Waals surface area contributed by atoms with E-state index in [9.17, 15) is 0 Å². The quantitative estimate of drug-likeness (QED) is 0.453. The van der Waals surface area contributed by atoms with Crippen LogP contribution in [0.1, 0.15) is 0 Å². The molecule has 0 radical (unpaired) electrons. The zero-order chi connectivity index (χ0) is 19.6. The maximum Gasteiger partial charge on any atom is 0.119 e. The fraction of sp³-hybridized carbons (Fsp3) is 0.286. The van der Waals surface area contributed by atoms with Crippen LogP contribution in [0.4, 0.5) is 0 Å². The van der Waals surface area contributed by atoms with Crippen LogP contribution >= 0.6 is 23.2 Å². The molecule has 0 fully saturated rings. The zero-order valence-electron chi connectivity index (χ0n) is 15.5. The summed E-state index contributed by atoms with van der Waals surface area (Å²) in [4.78, 5) is 2.30. The van der Waals surface area contributed by atoms with Crippen molar-refractivity contribution in [3.8, 4) is 11.5 Å². The van der Waals surface area contributed by atoms with Crippen molar-refractivity contribution in [3.63, 3.8) is 0 Å². The van der Waals surface area contributed by atoms with Crippen LogP contribution in [0.25, 0.3) is 0 Å². The topological polar surface area (TPSA) is 39.5 Å². The molecule has 5 nitrogen and oxygen atoms in total. The molecule has 3 aromatic rings. The molecule has 1 heterocycles. The SMILES string of the molecule is Clc1ccc(OCCN(CCOc2ccc(Cl)cc2)CCn2cccn2)cc1. The summed E-state index contributed by atoms with van der Waals surface area (Å²) < 4.78 is 13.6. The first kappa shape index (κ1) is 20.5. The molecule has 0 spiro atoms. The minimum atomic E-state index is 0.585. The normalized spacial score (nSPS) is 11.0. The smallest absolute Gasteiger partial charge is 0.119 e. The number of aromatic nitrogens is 2. The van der Waals surface area contributed by atoms with Crippen LogP contribution in [0.5, 0.6) is 11.5 Å². The Labute approximate surface area is 175 Å². The third-order valence-corrected chi connectivity index (χ3v) is 4.69. The van der Waals surface area contributed by atoms with Crippen molar-refractivity contribution >= 4 is 23.2 Å². The Morgan fingerprint density at radius 3 is 1.79 bits per heavy atom. The highest BCUT2D eigenvalue weighted by molar-refractivity contribution is 6.30. The third-order valence-electron chi connectivity index (χ3n) is 4.18. The van der Waals surface area contributed by atoms with Crippen LogP contribution in [0, 0.1) is 0 Å². The van der Waals surface area contributed by atoms with E-state index in [1.54, 1.807) is 6.20 Å². The van der Waals surface area contributed by atoms with E-state index in [1.807, 2.05) is 65.5 Å². The molecule has 0 N–H and O–H groups in total. The molecular weight excluding hydrogens is 397 g/mol. The molecule has 2 aromatic carbocycles. The lowest BCUT2D eigenvalue weighted by molar-refractivity contribution is 0.171. The first-order valence-corrected chi connectivity index (χ1v) is 9.91. The van der Waals surface area contributed by atoms with Crippen molar-refractivity contribution in [3.05, 3.63) is 77.0 Å². The van der Waals surface area contributed by atoms with Gasteiger partial charge in [0.15, 0.2) is 0 Å². The van der Waals surface area contributed by atoms with E-state index in [0.29, 0.717) is 23.3 Å². The van der Waals surface area contributed by atoms with Crippen molar-refractivity contribution in [1.29, 1.82) is 0 Å². The fourth-order valence-corrected chi connectivity index (χ4v) is 2.91. The summed E-state index contributed by atoms with van der Waals surface area (Å²) in [5.41, 5.74) is 0. The lowest BCUT2D eigenvalue weighted by atomic mass is 10.3. The molecule has 1 aromatic heterocycles. The summed E-state index contributed by atoms with van der Waals surface area (Å²) in [7, 11) is 0. The molecule has 0 atom stereocenters. The number of nitrogens with zero attached hydrogens (tertiary/aromatic N) is 3. The minimum Gasteiger partial charge on any atom is -0.492 e. The van der Waals surface area contributed by atoms with Gasteiger partial charge in [0.2, 0.25) is 0 Å². The van der Waals surface area contributed by atoms with Crippen LogP contribution in [0.2, 0.25) is 10.0 Å². The largest absolute Gasteiger partial charge is 0.492 e. The molecule has 148 valence electrons. The van der Waals surface area contributed by atoms with Gasteiger partial charge in [0.25, 0.3) is 0 Å². The van der Waals surface area contributed by atoms with Gasteiger partial charge in [-0.1, -0.05) is 23.2 Å². The van der Waals surface area contributed by atoms with E-state index in [1.165, 1.54) is 0 Å². The lowest BCUT2D eigenvalue weighted by Gasteiger charge is -2.22. The second kappa shape index (κ2) is 11.0. The molecule has 0 aliphatic rings. The molecule has 0 bridgehead atoms. The van der Waals surface area contributed by atoms with Crippen molar-refractivity contribution in [2.75, 3.05) is 32.8 Å². The maximum absolute atomic E-state index is 5.91. The van der Waals surface area contributed by atoms with Gasteiger partial charge in [-0.2, -0.15) is 5.10 Å². The number of halogens is 2. The van der Waals surface area contributed by atoms with Crippen LogP contribution in [0.15, 0.2) is 67.0 Å². The molecule has 0 saturated carbocycles. The summed E-state index contributed by atoms with van der Waals surface area (Å²) in [5, 5.41) is 5.67. The molecule has 0 saturated heterocycles. The van der Waals surface area contributed by atoms with Crippen molar-refractivity contribution in [2.24, 2.45) is 0 Å². The summed E-state index contributed by atoms with van der Waals surface area (Å²) in [6.45, 7) is 4.41. The van der Waals surface area contributed by atoms with E-state index >= 15 is 0 Å². The molecule has 3 rings (SSSR count). The van der Waals surface area contributed by atoms with Gasteiger partial charge in [-0.05, 0) is 54.6 Å². The Kier molecular flexibility index (Phi) is 8.03. The summed E-state index contributed by atoms with van der Waals surface area (Å²) in [5.74, 6) is 1.63. The number of hydrogen-bond donors (Lipinski definition) is 0. The average molecular weight is 420 g/mol. The Bertz CT molecular complexity index is 757. The lowest BCUT2D eigenvalue weighted by Crippen LogP contribution is -2.35. The van der Waals surface area contributed by atoms with Crippen LogP contribution in [-0.4, -0.2) is 47.5 Å². The molecule has 28 heavy (non-hydrogen) atoms. The van der Waals surface area contributed by atoms with Crippen LogP contribution < -0.4 is 9.47 Å². The predicted molar refractivity (Wildman–Crippen MR) is 113 cm³/mol. The summed E-state index contributed by atoms with van der Waals surface area (Å²) in [6, 6.07) is 16.7. The van der Waals surface area contributed by atoms with E-state index < -0.39 is 0 Å². The maximum atomic E-state index is 5.91. The van der Waals surface area contributed by atoms with E-state index in [-0.39, 0.29) is 0 Å². The molecular formula is C21H23Cl2N3O2. The van der Waals surface area contributed by atoms with Gasteiger partial charge in [0.1, 0.15) is 24.7 Å². The number of rotatable bonds is 11. The molecule has 0 unspecified atom stereocenters. The van der Waals surface area contributed by atoms with Gasteiger partial charge in [-0.25, -0.2) is 0 Å². The molecule has 0 aliphatic heterocycles. The molecule has 0 amide bonds. The van der Waals surface area contributed by atoms with Crippen molar-refractivity contribution < 1.29 is 9.47 Å². The van der Waals surface area contributed by atoms with Crippen LogP contribution in [0.3, 0.4) is 0 Å². The van der Waals surface area contributed by atoms with E-state index in [0.717, 1.165) is 37.7 Å². The summed E-state index contributed by atoms with van der Waals surface area (Å²) in [6.07, 6.45) is 3.75. The average Bonchev–Trinajstić information content (AvgIpc) is 3.22. The first-order valence-electron chi connectivity index (χ1n) is 9.15. The highest BCUT2D eigenvalue weighted by Gasteiger charge is 2.07. The standard InChI is InChI=1S/C21H23Cl2N3O2/c22-18-2-6-20(7-3-18)27-16-14-25(12-13-26-11-1-10-24-26)15-17-28-21-8-4-19(23)5-9-21/h1-11H,12-17H2. The number of hydrogen-bond acceptors (Lipinski definition) is 4. The second-order valence-corrected chi connectivity index (χ2v) is 7.09. The molecule has 0 aliphatic carbocycles. The van der Waals surface area contributed by atoms with Crippen molar-refractivity contribution in [2.45, 2.75) is 6.54 Å².